The fourth-order valence-electron chi connectivity index (χ4n) is 4.17. The SMILES string of the molecule is CNC(=O)c1ccc(C)nc1[C@@H]1O[C@@](C)(C(F)(F)F)[C@@H](C)[C@H]1c1ccc(F)c(F)c1OC. The maximum Gasteiger partial charge on any atom is 0.417 e. The van der Waals surface area contributed by atoms with E-state index in [0.717, 1.165) is 20.1 Å². The fourth-order valence-corrected chi connectivity index (χ4v) is 4.17. The predicted molar refractivity (Wildman–Crippen MR) is 105 cm³/mol. The van der Waals surface area contributed by atoms with Gasteiger partial charge in [0.05, 0.1) is 18.4 Å². The summed E-state index contributed by atoms with van der Waals surface area (Å²) in [7, 11) is 2.47. The summed E-state index contributed by atoms with van der Waals surface area (Å²) in [5.74, 6) is -6.01. The molecular formula is C22H23F5N2O3. The second kappa shape index (κ2) is 8.31. The summed E-state index contributed by atoms with van der Waals surface area (Å²) in [5.41, 5.74) is -2.22. The van der Waals surface area contributed by atoms with Crippen molar-refractivity contribution < 1.29 is 36.2 Å². The van der Waals surface area contributed by atoms with Crippen molar-refractivity contribution in [3.05, 3.63) is 58.4 Å². The zero-order valence-corrected chi connectivity index (χ0v) is 18.1. The van der Waals surface area contributed by atoms with Crippen molar-refractivity contribution >= 4 is 5.91 Å². The lowest BCUT2D eigenvalue weighted by Crippen LogP contribution is -2.46. The summed E-state index contributed by atoms with van der Waals surface area (Å²) in [4.78, 5) is 16.8. The highest BCUT2D eigenvalue weighted by Crippen LogP contribution is 2.59. The average molecular weight is 458 g/mol. The number of alkyl halides is 3. The molecular weight excluding hydrogens is 435 g/mol. The van der Waals surface area contributed by atoms with Crippen LogP contribution >= 0.6 is 0 Å². The first-order chi connectivity index (χ1) is 14.9. The number of methoxy groups -OCH3 is 1. The van der Waals surface area contributed by atoms with E-state index in [4.69, 9.17) is 9.47 Å². The Morgan fingerprint density at radius 3 is 2.44 bits per heavy atom. The molecule has 0 unspecified atom stereocenters. The molecule has 0 aliphatic carbocycles. The molecule has 1 amide bonds. The minimum Gasteiger partial charge on any atom is -0.493 e. The number of benzene rings is 1. The predicted octanol–water partition coefficient (Wildman–Crippen LogP) is 4.85. The highest BCUT2D eigenvalue weighted by Gasteiger charge is 2.65. The molecule has 1 N–H and O–H groups in total. The van der Waals surface area contributed by atoms with Crippen molar-refractivity contribution in [1.82, 2.24) is 10.3 Å². The summed E-state index contributed by atoms with van der Waals surface area (Å²) < 4.78 is 81.3. The summed E-state index contributed by atoms with van der Waals surface area (Å²) in [6.07, 6.45) is -6.18. The van der Waals surface area contributed by atoms with Crippen LogP contribution in [0.15, 0.2) is 24.3 Å². The lowest BCUT2D eigenvalue weighted by atomic mass is 9.76. The van der Waals surface area contributed by atoms with Gasteiger partial charge in [-0.15, -0.1) is 0 Å². The highest BCUT2D eigenvalue weighted by atomic mass is 19.4. The van der Waals surface area contributed by atoms with E-state index >= 15 is 0 Å². The third kappa shape index (κ3) is 3.70. The van der Waals surface area contributed by atoms with E-state index in [9.17, 15) is 26.7 Å². The number of rotatable bonds is 4. The maximum absolute atomic E-state index is 14.5. The third-order valence-corrected chi connectivity index (χ3v) is 6.12. The summed E-state index contributed by atoms with van der Waals surface area (Å²) >= 11 is 0. The van der Waals surface area contributed by atoms with Gasteiger partial charge in [0.2, 0.25) is 5.82 Å². The molecule has 1 aromatic heterocycles. The van der Waals surface area contributed by atoms with Crippen LogP contribution in [0, 0.1) is 24.5 Å². The minimum absolute atomic E-state index is 0.0111. The van der Waals surface area contributed by atoms with E-state index in [-0.39, 0.29) is 16.8 Å². The number of carbonyl (C=O) groups excluding carboxylic acids is 1. The molecule has 174 valence electrons. The zero-order chi connectivity index (χ0) is 24.0. The molecule has 3 rings (SSSR count). The minimum atomic E-state index is -4.79. The van der Waals surface area contributed by atoms with E-state index in [1.807, 2.05) is 0 Å². The molecule has 10 heteroatoms. The van der Waals surface area contributed by atoms with Crippen molar-refractivity contribution in [1.29, 1.82) is 0 Å². The van der Waals surface area contributed by atoms with Gasteiger partial charge >= 0.3 is 6.18 Å². The van der Waals surface area contributed by atoms with Crippen LogP contribution in [0.4, 0.5) is 22.0 Å². The first-order valence-corrected chi connectivity index (χ1v) is 9.83. The van der Waals surface area contributed by atoms with Crippen LogP contribution in [0.5, 0.6) is 5.75 Å². The van der Waals surface area contributed by atoms with Gasteiger partial charge in [-0.2, -0.15) is 17.6 Å². The summed E-state index contributed by atoms with van der Waals surface area (Å²) in [6.45, 7) is 3.83. The van der Waals surface area contributed by atoms with Crippen molar-refractivity contribution in [2.24, 2.45) is 5.92 Å². The molecule has 32 heavy (non-hydrogen) atoms. The van der Waals surface area contributed by atoms with Crippen LogP contribution in [0.3, 0.4) is 0 Å². The Bertz CT molecular complexity index is 1040. The Kier molecular flexibility index (Phi) is 6.21. The van der Waals surface area contributed by atoms with E-state index < -0.39 is 53.0 Å². The smallest absolute Gasteiger partial charge is 0.417 e. The van der Waals surface area contributed by atoms with Gasteiger partial charge in [0.25, 0.3) is 5.91 Å². The van der Waals surface area contributed by atoms with Crippen molar-refractivity contribution in [3.8, 4) is 5.75 Å². The van der Waals surface area contributed by atoms with E-state index in [2.05, 4.69) is 10.3 Å². The van der Waals surface area contributed by atoms with Gasteiger partial charge < -0.3 is 14.8 Å². The standard InChI is InChI=1S/C22H23F5N2O3/c1-10-6-7-13(20(30)28-4)17(29-10)19-15(11(2)21(3,32-19)22(25,26)27)12-8-9-14(23)16(24)18(12)31-5/h6-9,11,15,19H,1-5H3,(H,28,30)/t11-,15-,19+,21+/m0/s1. The zero-order valence-electron chi connectivity index (χ0n) is 18.1. The molecule has 1 saturated heterocycles. The van der Waals surface area contributed by atoms with Crippen LogP contribution in [-0.2, 0) is 4.74 Å². The second-order valence-corrected chi connectivity index (χ2v) is 7.91. The van der Waals surface area contributed by atoms with Crippen molar-refractivity contribution in [3.63, 3.8) is 0 Å². The number of nitrogens with one attached hydrogen (secondary N) is 1. The van der Waals surface area contributed by atoms with Crippen molar-refractivity contribution in [2.45, 2.75) is 44.6 Å². The number of hydrogen-bond donors (Lipinski definition) is 1. The van der Waals surface area contributed by atoms with Gasteiger partial charge in [-0.3, -0.25) is 9.78 Å². The Hall–Kier alpha value is -2.75. The van der Waals surface area contributed by atoms with E-state index in [1.165, 1.54) is 26.1 Å². The van der Waals surface area contributed by atoms with E-state index in [0.29, 0.717) is 5.69 Å². The number of amides is 1. The molecule has 0 bridgehead atoms. The molecule has 2 heterocycles. The van der Waals surface area contributed by atoms with Crippen LogP contribution in [0.25, 0.3) is 0 Å². The van der Waals surface area contributed by atoms with Gasteiger partial charge in [0.15, 0.2) is 17.2 Å². The van der Waals surface area contributed by atoms with Gasteiger partial charge in [-0.1, -0.05) is 13.0 Å². The number of ether oxygens (including phenoxy) is 2. The first kappa shape index (κ1) is 23.9. The Morgan fingerprint density at radius 1 is 1.22 bits per heavy atom. The molecule has 1 aromatic carbocycles. The van der Waals surface area contributed by atoms with E-state index in [1.54, 1.807) is 13.0 Å². The summed E-state index contributed by atoms with van der Waals surface area (Å²) in [5, 5.41) is 2.43. The van der Waals surface area contributed by atoms with Crippen molar-refractivity contribution in [2.75, 3.05) is 14.2 Å². The van der Waals surface area contributed by atoms with Crippen LogP contribution in [-0.4, -0.2) is 36.8 Å². The summed E-state index contributed by atoms with van der Waals surface area (Å²) in [6, 6.07) is 4.98. The van der Waals surface area contributed by atoms with Crippen LogP contribution in [0.1, 0.15) is 53.2 Å². The van der Waals surface area contributed by atoms with Gasteiger partial charge in [0.1, 0.15) is 6.10 Å². The first-order valence-electron chi connectivity index (χ1n) is 9.83. The van der Waals surface area contributed by atoms with Crippen LogP contribution in [0.2, 0.25) is 0 Å². The number of aromatic nitrogens is 1. The molecule has 0 radical (unpaired) electrons. The monoisotopic (exact) mass is 458 g/mol. The molecule has 1 aliphatic rings. The number of halogens is 5. The molecule has 2 aromatic rings. The molecule has 5 nitrogen and oxygen atoms in total. The number of carbonyl (C=O) groups is 1. The second-order valence-electron chi connectivity index (χ2n) is 7.91. The van der Waals surface area contributed by atoms with Crippen LogP contribution < -0.4 is 10.1 Å². The molecule has 4 atom stereocenters. The Labute approximate surface area is 181 Å². The molecule has 0 saturated carbocycles. The molecule has 1 aliphatic heterocycles. The number of nitrogens with zero attached hydrogens (tertiary/aromatic N) is 1. The topological polar surface area (TPSA) is 60.5 Å². The number of aryl methyl sites for hydroxylation is 1. The largest absolute Gasteiger partial charge is 0.493 e. The highest BCUT2D eigenvalue weighted by molar-refractivity contribution is 5.95. The number of hydrogen-bond acceptors (Lipinski definition) is 4. The fraction of sp³-hybridized carbons (Fsp3) is 0.455. The quantitative estimate of drug-likeness (QED) is 0.666. The lowest BCUT2D eigenvalue weighted by Gasteiger charge is -2.32. The Morgan fingerprint density at radius 2 is 1.88 bits per heavy atom. The van der Waals surface area contributed by atoms with Gasteiger partial charge in [0, 0.05) is 30.1 Å². The van der Waals surface area contributed by atoms with Gasteiger partial charge in [-0.05, 0) is 32.0 Å². The maximum atomic E-state index is 14.5. The molecule has 0 spiro atoms. The average Bonchev–Trinajstić information content (AvgIpc) is 3.01. The van der Waals surface area contributed by atoms with Gasteiger partial charge in [-0.25, -0.2) is 4.39 Å². The normalized spacial score (nSPS) is 25.6. The molecule has 1 fully saturated rings. The third-order valence-electron chi connectivity index (χ3n) is 6.12. The Balaban J connectivity index is 2.31. The number of pyridine rings is 1. The lowest BCUT2D eigenvalue weighted by molar-refractivity contribution is -0.275.